The van der Waals surface area contributed by atoms with Crippen molar-refractivity contribution in [1.29, 1.82) is 0 Å². The van der Waals surface area contributed by atoms with Gasteiger partial charge in [-0.15, -0.1) is 0 Å². The number of nitrogens with zero attached hydrogens (tertiary/aromatic N) is 2. The summed E-state index contributed by atoms with van der Waals surface area (Å²) in [5.41, 5.74) is 5.05. The molecule has 0 unspecified atom stereocenters. The summed E-state index contributed by atoms with van der Waals surface area (Å²) in [7, 11) is 0. The van der Waals surface area contributed by atoms with Gasteiger partial charge in [0.25, 0.3) is 5.69 Å². The Balaban J connectivity index is 1.98. The quantitative estimate of drug-likeness (QED) is 0.471. The van der Waals surface area contributed by atoms with Crippen LogP contribution in [-0.4, -0.2) is 22.4 Å². The molecule has 0 aliphatic heterocycles. The van der Waals surface area contributed by atoms with Crippen molar-refractivity contribution >= 4 is 28.9 Å². The maximum Gasteiger partial charge on any atom is 0.269 e. The van der Waals surface area contributed by atoms with Gasteiger partial charge in [-0.2, -0.15) is 5.10 Å². The third-order valence-corrected chi connectivity index (χ3v) is 3.46. The van der Waals surface area contributed by atoms with E-state index in [4.69, 9.17) is 0 Å². The number of nitrogens with one attached hydrogen (secondary N) is 2. The van der Waals surface area contributed by atoms with Crippen LogP contribution in [0.2, 0.25) is 0 Å². The molecule has 2 amide bonds. The third kappa shape index (κ3) is 5.52. The monoisotopic (exact) mass is 354 g/mol. The number of nitro benzene ring substituents is 1. The van der Waals surface area contributed by atoms with Gasteiger partial charge in [0.15, 0.2) is 0 Å². The minimum atomic E-state index is -0.493. The zero-order valence-corrected chi connectivity index (χ0v) is 14.4. The predicted octanol–water partition coefficient (Wildman–Crippen LogP) is 2.64. The zero-order valence-electron chi connectivity index (χ0n) is 14.4. The van der Waals surface area contributed by atoms with Crippen LogP contribution in [0.1, 0.15) is 25.0 Å². The van der Waals surface area contributed by atoms with E-state index in [0.29, 0.717) is 17.0 Å². The highest BCUT2D eigenvalue weighted by Crippen LogP contribution is 2.13. The predicted molar refractivity (Wildman–Crippen MR) is 97.9 cm³/mol. The molecule has 2 N–H and O–H groups in total. The van der Waals surface area contributed by atoms with Gasteiger partial charge in [0.05, 0.1) is 17.1 Å². The van der Waals surface area contributed by atoms with Gasteiger partial charge in [-0.3, -0.25) is 19.7 Å². The SMILES string of the molecule is CC(=O)Nc1cccc(/C(C)=N/NC(=O)Cc2ccc([N+](=O)[O-])cc2)c1. The van der Waals surface area contributed by atoms with E-state index >= 15 is 0 Å². The zero-order chi connectivity index (χ0) is 19.1. The molecule has 134 valence electrons. The van der Waals surface area contributed by atoms with E-state index < -0.39 is 4.92 Å². The highest BCUT2D eigenvalue weighted by molar-refractivity contribution is 6.00. The number of amides is 2. The van der Waals surface area contributed by atoms with E-state index in [2.05, 4.69) is 15.8 Å². The smallest absolute Gasteiger partial charge is 0.269 e. The molecule has 8 nitrogen and oxygen atoms in total. The summed E-state index contributed by atoms with van der Waals surface area (Å²) >= 11 is 0. The highest BCUT2D eigenvalue weighted by Gasteiger charge is 2.07. The third-order valence-electron chi connectivity index (χ3n) is 3.46. The highest BCUT2D eigenvalue weighted by atomic mass is 16.6. The largest absolute Gasteiger partial charge is 0.326 e. The molecule has 0 radical (unpaired) electrons. The Hall–Kier alpha value is -3.55. The number of carbonyl (C=O) groups is 2. The molecule has 0 fully saturated rings. The Kier molecular flexibility index (Phi) is 6.15. The fourth-order valence-corrected chi connectivity index (χ4v) is 2.20. The molecule has 8 heteroatoms. The van der Waals surface area contributed by atoms with Crippen LogP contribution in [0.5, 0.6) is 0 Å². The summed E-state index contributed by atoms with van der Waals surface area (Å²) in [6, 6.07) is 12.9. The molecule has 0 saturated heterocycles. The van der Waals surface area contributed by atoms with Crippen molar-refractivity contribution < 1.29 is 14.5 Å². The molecule has 0 bridgehead atoms. The van der Waals surface area contributed by atoms with Crippen LogP contribution in [0.4, 0.5) is 11.4 Å². The van der Waals surface area contributed by atoms with Crippen LogP contribution in [-0.2, 0) is 16.0 Å². The lowest BCUT2D eigenvalue weighted by Gasteiger charge is -2.06. The second kappa shape index (κ2) is 8.52. The van der Waals surface area contributed by atoms with Crippen LogP contribution in [0.15, 0.2) is 53.6 Å². The van der Waals surface area contributed by atoms with Gasteiger partial charge < -0.3 is 5.32 Å². The number of benzene rings is 2. The maximum atomic E-state index is 12.0. The van der Waals surface area contributed by atoms with E-state index in [9.17, 15) is 19.7 Å². The molecule has 26 heavy (non-hydrogen) atoms. The molecule has 0 aliphatic carbocycles. The van der Waals surface area contributed by atoms with Crippen molar-refractivity contribution in [2.24, 2.45) is 5.10 Å². The van der Waals surface area contributed by atoms with Crippen LogP contribution in [0.25, 0.3) is 0 Å². The lowest BCUT2D eigenvalue weighted by molar-refractivity contribution is -0.384. The number of hydrogen-bond acceptors (Lipinski definition) is 5. The Morgan fingerprint density at radius 3 is 2.42 bits per heavy atom. The standard InChI is InChI=1S/C18H18N4O4/c1-12(15-4-3-5-16(11-15)19-13(2)23)20-21-18(24)10-14-6-8-17(9-7-14)22(25)26/h3-9,11H,10H2,1-2H3,(H,19,23)(H,21,24)/b20-12+. The minimum absolute atomic E-state index is 0.0259. The van der Waals surface area contributed by atoms with Crippen molar-refractivity contribution in [2.75, 3.05) is 5.32 Å². The first-order chi connectivity index (χ1) is 12.3. The number of anilines is 1. The van der Waals surface area contributed by atoms with E-state index in [1.54, 1.807) is 25.1 Å². The molecular formula is C18H18N4O4. The summed E-state index contributed by atoms with van der Waals surface area (Å²) in [4.78, 5) is 33.2. The van der Waals surface area contributed by atoms with Crippen molar-refractivity contribution in [1.82, 2.24) is 5.43 Å². The molecule has 0 aromatic heterocycles. The van der Waals surface area contributed by atoms with Gasteiger partial charge in [0.2, 0.25) is 11.8 Å². The lowest BCUT2D eigenvalue weighted by atomic mass is 10.1. The van der Waals surface area contributed by atoms with E-state index in [0.717, 1.165) is 5.56 Å². The number of rotatable bonds is 6. The van der Waals surface area contributed by atoms with Gasteiger partial charge in [0.1, 0.15) is 0 Å². The van der Waals surface area contributed by atoms with Gasteiger partial charge in [-0.1, -0.05) is 24.3 Å². The normalized spacial score (nSPS) is 10.9. The number of hydrogen-bond donors (Lipinski definition) is 2. The average molecular weight is 354 g/mol. The van der Waals surface area contributed by atoms with Crippen LogP contribution in [0, 0.1) is 10.1 Å². The second-order valence-electron chi connectivity index (χ2n) is 5.59. The first-order valence-corrected chi connectivity index (χ1v) is 7.79. The fraction of sp³-hybridized carbons (Fsp3) is 0.167. The fourth-order valence-electron chi connectivity index (χ4n) is 2.20. The van der Waals surface area contributed by atoms with Crippen molar-refractivity contribution in [2.45, 2.75) is 20.3 Å². The van der Waals surface area contributed by atoms with E-state index in [1.807, 2.05) is 6.07 Å². The van der Waals surface area contributed by atoms with Crippen molar-refractivity contribution in [3.63, 3.8) is 0 Å². The first-order valence-electron chi connectivity index (χ1n) is 7.79. The van der Waals surface area contributed by atoms with Crippen LogP contribution in [0.3, 0.4) is 0 Å². The van der Waals surface area contributed by atoms with Crippen molar-refractivity contribution in [3.8, 4) is 0 Å². The van der Waals surface area contributed by atoms with Crippen LogP contribution >= 0.6 is 0 Å². The number of carbonyl (C=O) groups excluding carboxylic acids is 2. The summed E-state index contributed by atoms with van der Waals surface area (Å²) in [6.45, 7) is 3.16. The second-order valence-corrected chi connectivity index (χ2v) is 5.59. The molecule has 0 atom stereocenters. The summed E-state index contributed by atoms with van der Waals surface area (Å²) in [5, 5.41) is 17.3. The molecule has 2 aromatic rings. The van der Waals surface area contributed by atoms with Crippen molar-refractivity contribution in [3.05, 3.63) is 69.8 Å². The average Bonchev–Trinajstić information content (AvgIpc) is 2.59. The molecule has 0 aliphatic rings. The Morgan fingerprint density at radius 2 is 1.81 bits per heavy atom. The Bertz CT molecular complexity index is 860. The molecule has 2 aromatic carbocycles. The molecule has 0 spiro atoms. The number of nitro groups is 1. The molecule has 0 saturated carbocycles. The number of hydrazone groups is 1. The van der Waals surface area contributed by atoms with Crippen LogP contribution < -0.4 is 10.7 Å². The number of non-ortho nitro benzene ring substituents is 1. The molecular weight excluding hydrogens is 336 g/mol. The molecule has 2 rings (SSSR count). The van der Waals surface area contributed by atoms with Gasteiger partial charge in [0, 0.05) is 24.7 Å². The Morgan fingerprint density at radius 1 is 1.12 bits per heavy atom. The van der Waals surface area contributed by atoms with Gasteiger partial charge >= 0.3 is 0 Å². The minimum Gasteiger partial charge on any atom is -0.326 e. The summed E-state index contributed by atoms with van der Waals surface area (Å²) in [6.07, 6.45) is 0.0563. The maximum absolute atomic E-state index is 12.0. The summed E-state index contributed by atoms with van der Waals surface area (Å²) in [5.74, 6) is -0.510. The first kappa shape index (κ1) is 18.8. The molecule has 0 heterocycles. The van der Waals surface area contributed by atoms with Gasteiger partial charge in [-0.25, -0.2) is 5.43 Å². The van der Waals surface area contributed by atoms with Gasteiger partial charge in [-0.05, 0) is 30.2 Å². The summed E-state index contributed by atoms with van der Waals surface area (Å²) < 4.78 is 0. The van der Waals surface area contributed by atoms with E-state index in [-0.39, 0.29) is 23.9 Å². The Labute approximate surface area is 150 Å². The lowest BCUT2D eigenvalue weighted by Crippen LogP contribution is -2.21. The topological polar surface area (TPSA) is 114 Å². The van der Waals surface area contributed by atoms with E-state index in [1.165, 1.54) is 31.2 Å².